The molecule has 124 valence electrons. The molecule has 3 N–H and O–H groups in total. The highest BCUT2D eigenvalue weighted by Gasteiger charge is 2.22. The molecule has 0 fully saturated rings. The lowest BCUT2D eigenvalue weighted by atomic mass is 10.1. The Morgan fingerprint density at radius 1 is 1.32 bits per heavy atom. The van der Waals surface area contributed by atoms with Gasteiger partial charge in [-0.1, -0.05) is 25.7 Å². The summed E-state index contributed by atoms with van der Waals surface area (Å²) in [6, 6.07) is -0.917. The molecule has 0 aliphatic rings. The molecule has 0 saturated heterocycles. The van der Waals surface area contributed by atoms with Crippen molar-refractivity contribution in [3.63, 3.8) is 0 Å². The normalized spacial score (nSPS) is 13.2. The fourth-order valence-corrected chi connectivity index (χ4v) is 1.69. The van der Waals surface area contributed by atoms with Crippen LogP contribution in [0.15, 0.2) is 24.3 Å². The predicted octanol–water partition coefficient (Wildman–Crippen LogP) is 1.60. The molecular weight excluding hydrogens is 284 g/mol. The minimum Gasteiger partial charge on any atom is -0.460 e. The van der Waals surface area contributed by atoms with Gasteiger partial charge in [-0.2, -0.15) is 0 Å². The molecule has 0 aliphatic heterocycles. The second kappa shape index (κ2) is 9.02. The molecule has 2 amide bonds. The topological polar surface area (TPSA) is 98.5 Å². The van der Waals surface area contributed by atoms with Crippen molar-refractivity contribution < 1.29 is 19.1 Å². The summed E-state index contributed by atoms with van der Waals surface area (Å²) in [6.45, 7) is 10.6. The van der Waals surface area contributed by atoms with Gasteiger partial charge in [0.15, 0.2) is 0 Å². The zero-order chi connectivity index (χ0) is 17.3. The lowest BCUT2D eigenvalue weighted by molar-refractivity contribution is -0.155. The van der Waals surface area contributed by atoms with Crippen LogP contribution >= 0.6 is 0 Å². The molecular formula is C16H26N2O4. The highest BCUT2D eigenvalue weighted by molar-refractivity contribution is 5.96. The third-order valence-electron chi connectivity index (χ3n) is 2.70. The molecule has 0 aromatic heterocycles. The van der Waals surface area contributed by atoms with E-state index in [0.29, 0.717) is 12.0 Å². The van der Waals surface area contributed by atoms with Crippen LogP contribution in [0.1, 0.15) is 47.0 Å². The van der Waals surface area contributed by atoms with Gasteiger partial charge in [0.25, 0.3) is 0 Å². The van der Waals surface area contributed by atoms with E-state index < -0.39 is 29.4 Å². The zero-order valence-electron chi connectivity index (χ0n) is 13.8. The van der Waals surface area contributed by atoms with Crippen LogP contribution in [0.5, 0.6) is 0 Å². The first-order chi connectivity index (χ1) is 10.1. The van der Waals surface area contributed by atoms with Crippen molar-refractivity contribution in [2.75, 3.05) is 0 Å². The molecule has 0 aromatic carbocycles. The molecule has 0 rings (SSSR count). The second-order valence-corrected chi connectivity index (χ2v) is 5.83. The van der Waals surface area contributed by atoms with Crippen molar-refractivity contribution in [2.24, 2.45) is 5.73 Å². The van der Waals surface area contributed by atoms with Gasteiger partial charge in [0.05, 0.1) is 0 Å². The Bertz CT molecular complexity index is 461. The molecule has 0 aromatic rings. The van der Waals surface area contributed by atoms with E-state index >= 15 is 0 Å². The van der Waals surface area contributed by atoms with Crippen molar-refractivity contribution in [2.45, 2.75) is 58.6 Å². The van der Waals surface area contributed by atoms with E-state index in [1.807, 2.05) is 6.92 Å². The first kappa shape index (κ1) is 19.9. The molecule has 0 heterocycles. The quantitative estimate of drug-likeness (QED) is 0.404. The Labute approximate surface area is 131 Å². The summed E-state index contributed by atoms with van der Waals surface area (Å²) in [5, 5.41) is 2.53. The maximum Gasteiger partial charge on any atom is 0.306 e. The SMILES string of the molecule is C=C/C=C(\CC)C(=O)N[C@@H](CCC(=O)OC(C)(C)C)C(N)=O. The van der Waals surface area contributed by atoms with Crippen LogP contribution < -0.4 is 11.1 Å². The summed E-state index contributed by atoms with van der Waals surface area (Å²) in [7, 11) is 0. The summed E-state index contributed by atoms with van der Waals surface area (Å²) in [5.74, 6) is -1.52. The number of nitrogens with one attached hydrogen (secondary N) is 1. The van der Waals surface area contributed by atoms with Crippen molar-refractivity contribution >= 4 is 17.8 Å². The monoisotopic (exact) mass is 310 g/mol. The highest BCUT2D eigenvalue weighted by atomic mass is 16.6. The van der Waals surface area contributed by atoms with E-state index in [9.17, 15) is 14.4 Å². The van der Waals surface area contributed by atoms with Gasteiger partial charge >= 0.3 is 5.97 Å². The van der Waals surface area contributed by atoms with Gasteiger partial charge in [-0.05, 0) is 33.6 Å². The number of hydrogen-bond acceptors (Lipinski definition) is 4. The summed E-state index contributed by atoms with van der Waals surface area (Å²) >= 11 is 0. The summed E-state index contributed by atoms with van der Waals surface area (Å²) < 4.78 is 5.15. The average Bonchev–Trinajstić information content (AvgIpc) is 2.38. The number of esters is 1. The van der Waals surface area contributed by atoms with Gasteiger partial charge in [-0.25, -0.2) is 0 Å². The lowest BCUT2D eigenvalue weighted by Crippen LogP contribution is -2.45. The lowest BCUT2D eigenvalue weighted by Gasteiger charge is -2.21. The Morgan fingerprint density at radius 3 is 2.32 bits per heavy atom. The number of allylic oxidation sites excluding steroid dienone is 2. The van der Waals surface area contributed by atoms with E-state index in [1.165, 1.54) is 6.08 Å². The first-order valence-corrected chi connectivity index (χ1v) is 7.24. The van der Waals surface area contributed by atoms with Crippen molar-refractivity contribution in [3.8, 4) is 0 Å². The van der Waals surface area contributed by atoms with Gasteiger partial charge < -0.3 is 15.8 Å². The number of rotatable bonds is 8. The van der Waals surface area contributed by atoms with Crippen LogP contribution in [-0.2, 0) is 19.1 Å². The number of carbonyl (C=O) groups is 3. The predicted molar refractivity (Wildman–Crippen MR) is 84.8 cm³/mol. The molecule has 6 heteroatoms. The number of ether oxygens (including phenoxy) is 1. The van der Waals surface area contributed by atoms with Gasteiger partial charge in [0.2, 0.25) is 11.8 Å². The fourth-order valence-electron chi connectivity index (χ4n) is 1.69. The number of primary amides is 1. The van der Waals surface area contributed by atoms with Crippen molar-refractivity contribution in [1.29, 1.82) is 0 Å². The Morgan fingerprint density at radius 2 is 1.91 bits per heavy atom. The fraction of sp³-hybridized carbons (Fsp3) is 0.562. The molecule has 0 aliphatic carbocycles. The van der Waals surface area contributed by atoms with Gasteiger partial charge in [0, 0.05) is 12.0 Å². The zero-order valence-corrected chi connectivity index (χ0v) is 13.8. The van der Waals surface area contributed by atoms with Crippen LogP contribution in [0.25, 0.3) is 0 Å². The summed E-state index contributed by atoms with van der Waals surface area (Å²) in [4.78, 5) is 35.1. The first-order valence-electron chi connectivity index (χ1n) is 7.24. The number of nitrogens with two attached hydrogens (primary N) is 1. The summed E-state index contributed by atoms with van der Waals surface area (Å²) in [5.41, 5.74) is 5.16. The number of hydrogen-bond donors (Lipinski definition) is 2. The van der Waals surface area contributed by atoms with E-state index in [1.54, 1.807) is 26.8 Å². The van der Waals surface area contributed by atoms with Crippen LogP contribution in [0.2, 0.25) is 0 Å². The van der Waals surface area contributed by atoms with E-state index in [-0.39, 0.29) is 12.8 Å². The van der Waals surface area contributed by atoms with Gasteiger partial charge in [-0.3, -0.25) is 14.4 Å². The maximum absolute atomic E-state index is 12.0. The molecule has 0 unspecified atom stereocenters. The van der Waals surface area contributed by atoms with Crippen LogP contribution in [0.3, 0.4) is 0 Å². The maximum atomic E-state index is 12.0. The third kappa shape index (κ3) is 8.24. The van der Waals surface area contributed by atoms with Crippen LogP contribution in [0, 0.1) is 0 Å². The highest BCUT2D eigenvalue weighted by Crippen LogP contribution is 2.10. The minimum atomic E-state index is -0.917. The molecule has 22 heavy (non-hydrogen) atoms. The average molecular weight is 310 g/mol. The molecule has 1 atom stereocenters. The molecule has 0 bridgehead atoms. The Balaban J connectivity index is 4.66. The third-order valence-corrected chi connectivity index (χ3v) is 2.70. The Kier molecular flexibility index (Phi) is 8.15. The van der Waals surface area contributed by atoms with Crippen LogP contribution in [0.4, 0.5) is 0 Å². The van der Waals surface area contributed by atoms with Crippen molar-refractivity contribution in [1.82, 2.24) is 5.32 Å². The number of amides is 2. The Hall–Kier alpha value is -2.11. The number of carbonyl (C=O) groups excluding carboxylic acids is 3. The van der Waals surface area contributed by atoms with E-state index in [0.717, 1.165) is 0 Å². The molecule has 0 radical (unpaired) electrons. The molecule has 6 nitrogen and oxygen atoms in total. The van der Waals surface area contributed by atoms with Crippen LogP contribution in [-0.4, -0.2) is 29.4 Å². The molecule has 0 saturated carbocycles. The van der Waals surface area contributed by atoms with E-state index in [4.69, 9.17) is 10.5 Å². The van der Waals surface area contributed by atoms with E-state index in [2.05, 4.69) is 11.9 Å². The minimum absolute atomic E-state index is 0.00219. The van der Waals surface area contributed by atoms with Gasteiger partial charge in [0.1, 0.15) is 11.6 Å². The largest absolute Gasteiger partial charge is 0.460 e. The molecule has 0 spiro atoms. The smallest absolute Gasteiger partial charge is 0.306 e. The summed E-state index contributed by atoms with van der Waals surface area (Å²) in [6.07, 6.45) is 3.66. The second-order valence-electron chi connectivity index (χ2n) is 5.83. The standard InChI is InChI=1S/C16H26N2O4/c1-6-8-11(7-2)15(21)18-12(14(17)20)9-10-13(19)22-16(3,4)5/h6,8,12H,1,7,9-10H2,2-5H3,(H2,17,20)(H,18,21)/b11-8+/t12-/m0/s1. The van der Waals surface area contributed by atoms with Gasteiger partial charge in [-0.15, -0.1) is 0 Å². The van der Waals surface area contributed by atoms with Crippen molar-refractivity contribution in [3.05, 3.63) is 24.3 Å².